The van der Waals surface area contributed by atoms with Crippen molar-refractivity contribution in [1.29, 1.82) is 0 Å². The molecule has 1 aromatic rings. The molecule has 1 aromatic heterocycles. The van der Waals surface area contributed by atoms with E-state index in [0.717, 1.165) is 0 Å². The van der Waals surface area contributed by atoms with Crippen LogP contribution in [0.25, 0.3) is 0 Å². The van der Waals surface area contributed by atoms with Gasteiger partial charge in [-0.3, -0.25) is 9.78 Å². The first-order valence-corrected chi connectivity index (χ1v) is 5.54. The van der Waals surface area contributed by atoms with Crippen LogP contribution in [0.5, 0.6) is 0 Å². The van der Waals surface area contributed by atoms with E-state index in [4.69, 9.17) is 4.74 Å². The number of carbonyl (C=O) groups is 1. The van der Waals surface area contributed by atoms with Gasteiger partial charge >= 0.3 is 5.97 Å². The highest BCUT2D eigenvalue weighted by molar-refractivity contribution is 5.75. The molecule has 2 N–H and O–H groups in total. The van der Waals surface area contributed by atoms with Crippen LogP contribution in [0.3, 0.4) is 0 Å². The Kier molecular flexibility index (Phi) is 3.53. The third-order valence-corrected chi connectivity index (χ3v) is 3.07. The second kappa shape index (κ2) is 5.09. The van der Waals surface area contributed by atoms with E-state index in [1.165, 1.54) is 0 Å². The minimum absolute atomic E-state index is 0.352. The molecular weight excluding hydrogens is 222 g/mol. The van der Waals surface area contributed by atoms with Crippen molar-refractivity contribution in [2.75, 3.05) is 25.1 Å². The first-order chi connectivity index (χ1) is 8.23. The zero-order chi connectivity index (χ0) is 12.1. The van der Waals surface area contributed by atoms with Gasteiger partial charge in [0.1, 0.15) is 5.82 Å². The fourth-order valence-corrected chi connectivity index (χ4v) is 1.88. The highest BCUT2D eigenvalue weighted by Gasteiger charge is 2.40. The number of nitrogens with one attached hydrogen (secondary N) is 1. The number of nitrogens with zero attached hydrogens (tertiary/aromatic N) is 2. The molecule has 6 nitrogen and oxygen atoms in total. The number of ether oxygens (including phenoxy) is 1. The summed E-state index contributed by atoms with van der Waals surface area (Å²) in [6.07, 6.45) is 5.77. The Morgan fingerprint density at radius 1 is 1.47 bits per heavy atom. The SMILES string of the molecule is O=C(O)C1(CNc2cnccn2)CCOCC1. The molecule has 0 bridgehead atoms. The minimum atomic E-state index is -0.780. The van der Waals surface area contributed by atoms with Gasteiger partial charge in [-0.2, -0.15) is 0 Å². The van der Waals surface area contributed by atoms with Gasteiger partial charge in [-0.15, -0.1) is 0 Å². The van der Waals surface area contributed by atoms with Gasteiger partial charge in [0.2, 0.25) is 0 Å². The van der Waals surface area contributed by atoms with Crippen molar-refractivity contribution in [1.82, 2.24) is 9.97 Å². The molecule has 0 radical (unpaired) electrons. The summed E-state index contributed by atoms with van der Waals surface area (Å²) in [4.78, 5) is 19.3. The molecule has 0 atom stereocenters. The smallest absolute Gasteiger partial charge is 0.311 e. The lowest BCUT2D eigenvalue weighted by atomic mass is 9.80. The number of anilines is 1. The van der Waals surface area contributed by atoms with Gasteiger partial charge in [0.25, 0.3) is 0 Å². The summed E-state index contributed by atoms with van der Waals surface area (Å²) in [5.74, 6) is -0.184. The summed E-state index contributed by atoms with van der Waals surface area (Å²) < 4.78 is 5.21. The van der Waals surface area contributed by atoms with Gasteiger partial charge in [0.05, 0.1) is 11.6 Å². The van der Waals surface area contributed by atoms with Gasteiger partial charge in [0, 0.05) is 32.2 Å². The molecule has 0 spiro atoms. The van der Waals surface area contributed by atoms with Gasteiger partial charge in [-0.1, -0.05) is 0 Å². The summed E-state index contributed by atoms with van der Waals surface area (Å²) in [5, 5.41) is 12.4. The molecule has 1 fully saturated rings. The monoisotopic (exact) mass is 237 g/mol. The number of rotatable bonds is 4. The Labute approximate surface area is 99.0 Å². The predicted octanol–water partition coefficient (Wildman–Crippen LogP) is 0.770. The van der Waals surface area contributed by atoms with Crippen LogP contribution in [0.15, 0.2) is 18.6 Å². The molecule has 17 heavy (non-hydrogen) atoms. The number of aromatic nitrogens is 2. The van der Waals surface area contributed by atoms with Crippen LogP contribution in [0.2, 0.25) is 0 Å². The number of carboxylic acids is 1. The Morgan fingerprint density at radius 3 is 2.82 bits per heavy atom. The third-order valence-electron chi connectivity index (χ3n) is 3.07. The van der Waals surface area contributed by atoms with Crippen molar-refractivity contribution < 1.29 is 14.6 Å². The van der Waals surface area contributed by atoms with E-state index in [-0.39, 0.29) is 0 Å². The van der Waals surface area contributed by atoms with Gasteiger partial charge in [-0.05, 0) is 12.8 Å². The van der Waals surface area contributed by atoms with Crippen molar-refractivity contribution in [3.63, 3.8) is 0 Å². The minimum Gasteiger partial charge on any atom is -0.481 e. The van der Waals surface area contributed by atoms with Crippen LogP contribution < -0.4 is 5.32 Å². The Balaban J connectivity index is 2.01. The molecule has 2 heterocycles. The molecule has 2 rings (SSSR count). The highest BCUT2D eigenvalue weighted by Crippen LogP contribution is 2.30. The molecular formula is C11H15N3O3. The van der Waals surface area contributed by atoms with E-state index in [1.807, 2.05) is 0 Å². The number of aliphatic carboxylic acids is 1. The largest absolute Gasteiger partial charge is 0.481 e. The average molecular weight is 237 g/mol. The van der Waals surface area contributed by atoms with E-state index in [2.05, 4.69) is 15.3 Å². The predicted molar refractivity (Wildman–Crippen MR) is 60.6 cm³/mol. The summed E-state index contributed by atoms with van der Waals surface area (Å²) in [6, 6.07) is 0. The molecule has 6 heteroatoms. The second-order valence-corrected chi connectivity index (χ2v) is 4.14. The van der Waals surface area contributed by atoms with E-state index >= 15 is 0 Å². The lowest BCUT2D eigenvalue weighted by Crippen LogP contribution is -2.42. The fourth-order valence-electron chi connectivity index (χ4n) is 1.88. The average Bonchev–Trinajstić information content (AvgIpc) is 2.38. The molecule has 0 aliphatic carbocycles. The molecule has 1 aliphatic heterocycles. The first kappa shape index (κ1) is 11.8. The standard InChI is InChI=1S/C11H15N3O3/c15-10(16)11(1-5-17-6-2-11)8-14-9-7-12-3-4-13-9/h3-4,7H,1-2,5-6,8H2,(H,13,14)(H,15,16). The Morgan fingerprint density at radius 2 is 2.24 bits per heavy atom. The summed E-state index contributed by atoms with van der Waals surface area (Å²) in [6.45, 7) is 1.34. The third kappa shape index (κ3) is 2.71. The topological polar surface area (TPSA) is 84.3 Å². The van der Waals surface area contributed by atoms with Crippen LogP contribution in [0.1, 0.15) is 12.8 Å². The van der Waals surface area contributed by atoms with Crippen molar-refractivity contribution >= 4 is 11.8 Å². The Bertz CT molecular complexity index is 377. The maximum atomic E-state index is 11.4. The molecule has 0 saturated carbocycles. The maximum absolute atomic E-state index is 11.4. The van der Waals surface area contributed by atoms with E-state index in [0.29, 0.717) is 38.4 Å². The van der Waals surface area contributed by atoms with Gasteiger partial charge in [-0.25, -0.2) is 4.98 Å². The molecule has 1 saturated heterocycles. The first-order valence-electron chi connectivity index (χ1n) is 5.54. The zero-order valence-electron chi connectivity index (χ0n) is 9.43. The normalized spacial score (nSPS) is 18.6. The van der Waals surface area contributed by atoms with Crippen LogP contribution in [0.4, 0.5) is 5.82 Å². The highest BCUT2D eigenvalue weighted by atomic mass is 16.5. The zero-order valence-corrected chi connectivity index (χ0v) is 9.43. The summed E-state index contributed by atoms with van der Waals surface area (Å²) in [7, 11) is 0. The number of hydrogen-bond acceptors (Lipinski definition) is 5. The fraction of sp³-hybridized carbons (Fsp3) is 0.545. The Hall–Kier alpha value is -1.69. The summed E-state index contributed by atoms with van der Waals surface area (Å²) in [5.41, 5.74) is -0.754. The summed E-state index contributed by atoms with van der Waals surface area (Å²) >= 11 is 0. The quantitative estimate of drug-likeness (QED) is 0.804. The number of carboxylic acid groups (broad SMARTS) is 1. The molecule has 92 valence electrons. The van der Waals surface area contributed by atoms with E-state index in [9.17, 15) is 9.90 Å². The lowest BCUT2D eigenvalue weighted by Gasteiger charge is -2.33. The van der Waals surface area contributed by atoms with Gasteiger partial charge < -0.3 is 15.2 Å². The van der Waals surface area contributed by atoms with Crippen molar-refractivity contribution in [2.45, 2.75) is 12.8 Å². The molecule has 0 unspecified atom stereocenters. The van der Waals surface area contributed by atoms with Crippen LogP contribution in [0, 0.1) is 5.41 Å². The van der Waals surface area contributed by atoms with Crippen LogP contribution in [-0.4, -0.2) is 40.8 Å². The lowest BCUT2D eigenvalue weighted by molar-refractivity contribution is -0.153. The van der Waals surface area contributed by atoms with Crippen LogP contribution in [-0.2, 0) is 9.53 Å². The number of hydrogen-bond donors (Lipinski definition) is 2. The van der Waals surface area contributed by atoms with Gasteiger partial charge in [0.15, 0.2) is 0 Å². The molecule has 0 aromatic carbocycles. The molecule has 1 aliphatic rings. The van der Waals surface area contributed by atoms with E-state index < -0.39 is 11.4 Å². The molecule has 0 amide bonds. The maximum Gasteiger partial charge on any atom is 0.311 e. The van der Waals surface area contributed by atoms with Crippen molar-refractivity contribution in [3.8, 4) is 0 Å². The van der Waals surface area contributed by atoms with Crippen LogP contribution >= 0.6 is 0 Å². The van der Waals surface area contributed by atoms with Crippen molar-refractivity contribution in [3.05, 3.63) is 18.6 Å². The van der Waals surface area contributed by atoms with E-state index in [1.54, 1.807) is 18.6 Å². The van der Waals surface area contributed by atoms with Crippen molar-refractivity contribution in [2.24, 2.45) is 5.41 Å². The second-order valence-electron chi connectivity index (χ2n) is 4.14.